The molecule has 2 heterocycles. The molecule has 0 unspecified atom stereocenters. The number of anilines is 1. The van der Waals surface area contributed by atoms with Crippen LogP contribution in [0, 0.1) is 0 Å². The van der Waals surface area contributed by atoms with Gasteiger partial charge in [-0.2, -0.15) is 0 Å². The molecule has 1 N–H and O–H groups in total. The predicted octanol–water partition coefficient (Wildman–Crippen LogP) is 3.26. The molecule has 1 amide bonds. The lowest BCUT2D eigenvalue weighted by Gasteiger charge is -2.28. The molecule has 1 atom stereocenters. The molecule has 6 nitrogen and oxygen atoms in total. The Morgan fingerprint density at radius 2 is 1.77 bits per heavy atom. The maximum absolute atomic E-state index is 12.3. The number of rotatable bonds is 6. The van der Waals surface area contributed by atoms with Gasteiger partial charge in [-0.3, -0.25) is 9.36 Å². The van der Waals surface area contributed by atoms with Gasteiger partial charge in [-0.25, -0.2) is 0 Å². The van der Waals surface area contributed by atoms with Gasteiger partial charge in [-0.1, -0.05) is 30.0 Å². The van der Waals surface area contributed by atoms with Crippen molar-refractivity contribution in [3.05, 3.63) is 30.3 Å². The minimum atomic E-state index is -0.238. The zero-order valence-electron chi connectivity index (χ0n) is 15.7. The lowest BCUT2D eigenvalue weighted by atomic mass is 10.1. The molecule has 0 radical (unpaired) electrons. The molecule has 7 heteroatoms. The third kappa shape index (κ3) is 4.38. The summed E-state index contributed by atoms with van der Waals surface area (Å²) in [5.41, 5.74) is 1.03. The summed E-state index contributed by atoms with van der Waals surface area (Å²) < 4.78 is 2.08. The van der Waals surface area contributed by atoms with Crippen LogP contribution >= 0.6 is 11.8 Å². The Morgan fingerprint density at radius 1 is 1.08 bits per heavy atom. The number of carbonyl (C=O) groups is 1. The highest BCUT2D eigenvalue weighted by molar-refractivity contribution is 8.00. The molecule has 1 aliphatic heterocycles. The van der Waals surface area contributed by atoms with Crippen LogP contribution in [0.3, 0.4) is 0 Å². The summed E-state index contributed by atoms with van der Waals surface area (Å²) in [5, 5.41) is 12.4. The molecule has 0 aliphatic carbocycles. The first kappa shape index (κ1) is 18.8. The van der Waals surface area contributed by atoms with E-state index < -0.39 is 0 Å². The maximum Gasteiger partial charge on any atom is 0.233 e. The summed E-state index contributed by atoms with van der Waals surface area (Å²) in [7, 11) is 0. The van der Waals surface area contributed by atoms with Crippen LogP contribution in [0.15, 0.2) is 35.5 Å². The van der Waals surface area contributed by atoms with E-state index in [0.29, 0.717) is 0 Å². The summed E-state index contributed by atoms with van der Waals surface area (Å²) in [4.78, 5) is 14.6. The van der Waals surface area contributed by atoms with Crippen molar-refractivity contribution in [3.8, 4) is 5.69 Å². The third-order valence-corrected chi connectivity index (χ3v) is 5.39. The fourth-order valence-corrected chi connectivity index (χ4v) is 3.93. The molecular weight excluding hydrogens is 346 g/mol. The number of para-hydroxylation sites is 1. The van der Waals surface area contributed by atoms with Gasteiger partial charge in [0.05, 0.1) is 10.9 Å². The van der Waals surface area contributed by atoms with Gasteiger partial charge in [-0.15, -0.1) is 10.2 Å². The number of amides is 1. The average Bonchev–Trinajstić information content (AvgIpc) is 3.06. The summed E-state index contributed by atoms with van der Waals surface area (Å²) in [6.45, 7) is 7.84. The average molecular weight is 374 g/mol. The second-order valence-corrected chi connectivity index (χ2v) is 8.23. The fraction of sp³-hybridized carbons (Fsp3) is 0.526. The van der Waals surface area contributed by atoms with Crippen molar-refractivity contribution >= 4 is 23.6 Å². The SMILES string of the molecule is CC(C)NC(=O)[C@@H](C)Sc1nnc(N2CCCCC2)n1-c1ccccc1. The van der Waals surface area contributed by atoms with E-state index in [2.05, 4.69) is 37.1 Å². The van der Waals surface area contributed by atoms with E-state index in [4.69, 9.17) is 0 Å². The van der Waals surface area contributed by atoms with Gasteiger partial charge in [-0.05, 0) is 52.2 Å². The summed E-state index contributed by atoms with van der Waals surface area (Å²) in [6.07, 6.45) is 3.62. The van der Waals surface area contributed by atoms with Crippen molar-refractivity contribution in [3.63, 3.8) is 0 Å². The van der Waals surface area contributed by atoms with Gasteiger partial charge in [0.25, 0.3) is 0 Å². The van der Waals surface area contributed by atoms with Crippen LogP contribution in [0.4, 0.5) is 5.95 Å². The molecule has 1 fully saturated rings. The van der Waals surface area contributed by atoms with Crippen LogP contribution in [0.2, 0.25) is 0 Å². The third-order valence-electron chi connectivity index (χ3n) is 4.35. The molecule has 3 rings (SSSR count). The van der Waals surface area contributed by atoms with Gasteiger partial charge in [0, 0.05) is 19.1 Å². The number of aromatic nitrogens is 3. The Kier molecular flexibility index (Phi) is 6.19. The molecule has 1 aromatic heterocycles. The Bertz CT molecular complexity index is 725. The standard InChI is InChI=1S/C19H27N5OS/c1-14(2)20-17(25)15(3)26-19-22-21-18(23-12-8-5-9-13-23)24(19)16-10-6-4-7-11-16/h4,6-7,10-11,14-15H,5,8-9,12-13H2,1-3H3,(H,20,25)/t15-/m1/s1. The lowest BCUT2D eigenvalue weighted by molar-refractivity contribution is -0.120. The molecule has 0 bridgehead atoms. The minimum absolute atomic E-state index is 0.0205. The van der Waals surface area contributed by atoms with E-state index in [1.165, 1.54) is 31.0 Å². The van der Waals surface area contributed by atoms with E-state index in [1.807, 2.05) is 39.0 Å². The zero-order chi connectivity index (χ0) is 18.5. The highest BCUT2D eigenvalue weighted by Gasteiger charge is 2.24. The van der Waals surface area contributed by atoms with Crippen LogP contribution in [-0.4, -0.2) is 45.1 Å². The maximum atomic E-state index is 12.3. The monoisotopic (exact) mass is 373 g/mol. The normalized spacial score (nSPS) is 15.9. The number of piperidine rings is 1. The van der Waals surface area contributed by atoms with Crippen LogP contribution in [-0.2, 0) is 4.79 Å². The van der Waals surface area contributed by atoms with Gasteiger partial charge in [0.1, 0.15) is 0 Å². The topological polar surface area (TPSA) is 63.1 Å². The highest BCUT2D eigenvalue weighted by atomic mass is 32.2. The van der Waals surface area contributed by atoms with Crippen LogP contribution in [0.1, 0.15) is 40.0 Å². The quantitative estimate of drug-likeness (QED) is 0.788. The van der Waals surface area contributed by atoms with Crippen molar-refractivity contribution in [1.82, 2.24) is 20.1 Å². The van der Waals surface area contributed by atoms with Crippen molar-refractivity contribution in [1.29, 1.82) is 0 Å². The largest absolute Gasteiger partial charge is 0.353 e. The van der Waals surface area contributed by atoms with Crippen molar-refractivity contribution in [2.24, 2.45) is 0 Å². The molecule has 1 saturated heterocycles. The summed E-state index contributed by atoms with van der Waals surface area (Å²) in [5.74, 6) is 0.891. The van der Waals surface area contributed by atoms with Crippen molar-refractivity contribution in [2.75, 3.05) is 18.0 Å². The number of thioether (sulfide) groups is 1. The van der Waals surface area contributed by atoms with Crippen LogP contribution in [0.25, 0.3) is 5.69 Å². The molecule has 2 aromatic rings. The number of nitrogens with zero attached hydrogens (tertiary/aromatic N) is 4. The van der Waals surface area contributed by atoms with Gasteiger partial charge in [0.2, 0.25) is 11.9 Å². The summed E-state index contributed by atoms with van der Waals surface area (Å²) in [6, 6.07) is 10.3. The second-order valence-electron chi connectivity index (χ2n) is 6.92. The van der Waals surface area contributed by atoms with E-state index >= 15 is 0 Å². The van der Waals surface area contributed by atoms with Gasteiger partial charge < -0.3 is 10.2 Å². The smallest absolute Gasteiger partial charge is 0.233 e. The molecule has 0 saturated carbocycles. The molecule has 26 heavy (non-hydrogen) atoms. The Balaban J connectivity index is 1.90. The number of benzene rings is 1. The number of nitrogens with one attached hydrogen (secondary N) is 1. The van der Waals surface area contributed by atoms with E-state index in [-0.39, 0.29) is 17.2 Å². The number of carbonyl (C=O) groups excluding carboxylic acids is 1. The first-order valence-electron chi connectivity index (χ1n) is 9.29. The molecule has 0 spiro atoms. The Morgan fingerprint density at radius 3 is 2.42 bits per heavy atom. The number of hydrogen-bond acceptors (Lipinski definition) is 5. The fourth-order valence-electron chi connectivity index (χ4n) is 3.05. The molecule has 1 aliphatic rings. The summed E-state index contributed by atoms with van der Waals surface area (Å²) >= 11 is 1.45. The second kappa shape index (κ2) is 8.58. The zero-order valence-corrected chi connectivity index (χ0v) is 16.5. The minimum Gasteiger partial charge on any atom is -0.353 e. The van der Waals surface area contributed by atoms with Crippen molar-refractivity contribution in [2.45, 2.75) is 56.5 Å². The molecule has 1 aromatic carbocycles. The van der Waals surface area contributed by atoms with E-state index in [1.54, 1.807) is 0 Å². The Hall–Kier alpha value is -2.02. The van der Waals surface area contributed by atoms with E-state index in [0.717, 1.165) is 29.9 Å². The first-order chi connectivity index (χ1) is 12.6. The Labute approximate surface area is 159 Å². The van der Waals surface area contributed by atoms with Crippen molar-refractivity contribution < 1.29 is 4.79 Å². The lowest BCUT2D eigenvalue weighted by Crippen LogP contribution is -2.36. The molecule has 140 valence electrons. The van der Waals surface area contributed by atoms with Gasteiger partial charge in [0.15, 0.2) is 5.16 Å². The first-order valence-corrected chi connectivity index (χ1v) is 10.2. The van der Waals surface area contributed by atoms with E-state index in [9.17, 15) is 4.79 Å². The van der Waals surface area contributed by atoms with Crippen LogP contribution < -0.4 is 10.2 Å². The number of hydrogen-bond donors (Lipinski definition) is 1. The predicted molar refractivity (Wildman–Crippen MR) is 106 cm³/mol. The van der Waals surface area contributed by atoms with Crippen LogP contribution in [0.5, 0.6) is 0 Å². The highest BCUT2D eigenvalue weighted by Crippen LogP contribution is 2.30. The molecular formula is C19H27N5OS. The van der Waals surface area contributed by atoms with Gasteiger partial charge >= 0.3 is 0 Å².